The highest BCUT2D eigenvalue weighted by Crippen LogP contribution is 2.11. The van der Waals surface area contributed by atoms with Crippen LogP contribution in [0.2, 0.25) is 0 Å². The molecular weight excluding hydrogens is 338 g/mol. The molecule has 0 aliphatic heterocycles. The van der Waals surface area contributed by atoms with Crippen LogP contribution < -0.4 is 0 Å². The molecule has 1 heteroatoms. The van der Waals surface area contributed by atoms with Crippen molar-refractivity contribution in [1.29, 1.82) is 0 Å². The first-order valence-corrected chi connectivity index (χ1v) is 11.4. The lowest BCUT2D eigenvalue weighted by molar-refractivity contribution is 0.631. The smallest absolute Gasteiger partial charge is 0.113 e. The van der Waals surface area contributed by atoms with Crippen LogP contribution >= 0.6 is 0 Å². The molecule has 28 heavy (non-hydrogen) atoms. The predicted octanol–water partition coefficient (Wildman–Crippen LogP) is 7.51. The third-order valence-corrected chi connectivity index (χ3v) is 5.25. The second-order valence-corrected chi connectivity index (χ2v) is 7.83. The van der Waals surface area contributed by atoms with Crippen molar-refractivity contribution >= 4 is 0 Å². The fraction of sp³-hybridized carbons (Fsp3) is 0.519. The number of benzene rings is 1. The summed E-state index contributed by atoms with van der Waals surface area (Å²) in [4.78, 5) is 4.52. The molecule has 150 valence electrons. The first kappa shape index (κ1) is 22.2. The Labute approximate surface area is 173 Å². The summed E-state index contributed by atoms with van der Waals surface area (Å²) < 4.78 is 0. The second-order valence-electron chi connectivity index (χ2n) is 7.83. The van der Waals surface area contributed by atoms with E-state index in [0.29, 0.717) is 0 Å². The van der Waals surface area contributed by atoms with Gasteiger partial charge in [0.05, 0.1) is 0 Å². The molecule has 0 unspecified atom stereocenters. The molecule has 0 saturated heterocycles. The average molecular weight is 376 g/mol. The van der Waals surface area contributed by atoms with E-state index in [1.165, 1.54) is 81.8 Å². The van der Waals surface area contributed by atoms with Crippen LogP contribution in [0.1, 0.15) is 100 Å². The molecule has 0 aliphatic carbocycles. The van der Waals surface area contributed by atoms with E-state index in [9.17, 15) is 0 Å². The van der Waals surface area contributed by atoms with Gasteiger partial charge in [-0.2, -0.15) is 0 Å². The molecule has 0 saturated carbocycles. The van der Waals surface area contributed by atoms with Gasteiger partial charge in [-0.05, 0) is 60.9 Å². The minimum absolute atomic E-state index is 0.856. The molecule has 0 fully saturated rings. The topological polar surface area (TPSA) is 12.9 Å². The number of hydrogen-bond acceptors (Lipinski definition) is 1. The number of aryl methyl sites for hydroxylation is 2. The van der Waals surface area contributed by atoms with Crippen LogP contribution in [0, 0.1) is 11.8 Å². The van der Waals surface area contributed by atoms with E-state index in [1.807, 2.05) is 6.20 Å². The van der Waals surface area contributed by atoms with Crippen molar-refractivity contribution in [3.8, 4) is 11.8 Å². The molecule has 0 aliphatic rings. The van der Waals surface area contributed by atoms with Gasteiger partial charge < -0.3 is 0 Å². The highest BCUT2D eigenvalue weighted by Gasteiger charge is 1.97. The number of aromatic nitrogens is 1. The monoisotopic (exact) mass is 375 g/mol. The summed E-state index contributed by atoms with van der Waals surface area (Å²) in [5.41, 5.74) is 4.67. The molecule has 0 spiro atoms. The SMILES string of the molecule is CCCCCCCc1ccc(C#Cc2ccc(CCCCCCC)cn2)cc1. The van der Waals surface area contributed by atoms with E-state index >= 15 is 0 Å². The van der Waals surface area contributed by atoms with Crippen LogP contribution in [-0.4, -0.2) is 4.98 Å². The van der Waals surface area contributed by atoms with Crippen molar-refractivity contribution < 1.29 is 0 Å². The van der Waals surface area contributed by atoms with Crippen molar-refractivity contribution in [3.05, 3.63) is 65.0 Å². The number of unbranched alkanes of at least 4 members (excludes halogenated alkanes) is 8. The highest BCUT2D eigenvalue weighted by molar-refractivity contribution is 5.41. The van der Waals surface area contributed by atoms with Crippen molar-refractivity contribution in [1.82, 2.24) is 4.98 Å². The first-order valence-electron chi connectivity index (χ1n) is 11.4. The molecule has 0 bridgehead atoms. The normalized spacial score (nSPS) is 10.5. The summed E-state index contributed by atoms with van der Waals surface area (Å²) >= 11 is 0. The lowest BCUT2D eigenvalue weighted by Crippen LogP contribution is -1.90. The molecule has 2 aromatic rings. The average Bonchev–Trinajstić information content (AvgIpc) is 2.74. The number of pyridine rings is 1. The van der Waals surface area contributed by atoms with E-state index in [1.54, 1.807) is 0 Å². The van der Waals surface area contributed by atoms with Crippen molar-refractivity contribution in [2.45, 2.75) is 90.9 Å². The van der Waals surface area contributed by atoms with Crippen LogP contribution in [0.5, 0.6) is 0 Å². The lowest BCUT2D eigenvalue weighted by atomic mass is 10.0. The Morgan fingerprint density at radius 1 is 0.607 bits per heavy atom. The van der Waals surface area contributed by atoms with Crippen molar-refractivity contribution in [2.75, 3.05) is 0 Å². The molecule has 0 radical (unpaired) electrons. The van der Waals surface area contributed by atoms with Gasteiger partial charge in [-0.25, -0.2) is 4.98 Å². The molecule has 0 N–H and O–H groups in total. The zero-order valence-electron chi connectivity index (χ0n) is 18.0. The number of nitrogens with zero attached hydrogens (tertiary/aromatic N) is 1. The second kappa shape index (κ2) is 14.0. The summed E-state index contributed by atoms with van der Waals surface area (Å²) in [5, 5.41) is 0. The van der Waals surface area contributed by atoms with Crippen LogP contribution in [0.15, 0.2) is 42.6 Å². The number of hydrogen-bond donors (Lipinski definition) is 0. The largest absolute Gasteiger partial charge is 0.248 e. The van der Waals surface area contributed by atoms with E-state index in [-0.39, 0.29) is 0 Å². The third-order valence-electron chi connectivity index (χ3n) is 5.25. The Hall–Kier alpha value is -2.07. The Morgan fingerprint density at radius 3 is 1.75 bits per heavy atom. The maximum Gasteiger partial charge on any atom is 0.113 e. The summed E-state index contributed by atoms with van der Waals surface area (Å²) in [7, 11) is 0. The fourth-order valence-corrected chi connectivity index (χ4v) is 3.40. The van der Waals surface area contributed by atoms with Crippen LogP contribution in [0.25, 0.3) is 0 Å². The van der Waals surface area contributed by atoms with Crippen LogP contribution in [-0.2, 0) is 12.8 Å². The summed E-state index contributed by atoms with van der Waals surface area (Å²) in [6, 6.07) is 13.0. The Bertz CT molecular complexity index is 639. The van der Waals surface area contributed by atoms with Gasteiger partial charge in [0.25, 0.3) is 0 Å². The minimum atomic E-state index is 0.856. The van der Waals surface area contributed by atoms with Crippen molar-refractivity contribution in [2.24, 2.45) is 0 Å². The maximum atomic E-state index is 4.52. The van der Waals surface area contributed by atoms with Gasteiger partial charge in [0, 0.05) is 11.8 Å². The molecule has 0 atom stereocenters. The van der Waals surface area contributed by atoms with Gasteiger partial charge in [0.2, 0.25) is 0 Å². The Balaban J connectivity index is 1.76. The van der Waals surface area contributed by atoms with E-state index < -0.39 is 0 Å². The number of rotatable bonds is 12. The molecule has 1 aromatic heterocycles. The molecule has 0 amide bonds. The third kappa shape index (κ3) is 9.23. The van der Waals surface area contributed by atoms with Crippen molar-refractivity contribution in [3.63, 3.8) is 0 Å². The lowest BCUT2D eigenvalue weighted by Gasteiger charge is -2.02. The van der Waals surface area contributed by atoms with E-state index in [4.69, 9.17) is 0 Å². The van der Waals surface area contributed by atoms with Crippen LogP contribution in [0.4, 0.5) is 0 Å². The van der Waals surface area contributed by atoms with Gasteiger partial charge in [0.1, 0.15) is 5.69 Å². The molecule has 2 rings (SSSR count). The van der Waals surface area contributed by atoms with E-state index in [0.717, 1.165) is 17.7 Å². The molecule has 1 aromatic carbocycles. The van der Waals surface area contributed by atoms with Gasteiger partial charge in [-0.3, -0.25) is 0 Å². The maximum absolute atomic E-state index is 4.52. The minimum Gasteiger partial charge on any atom is -0.248 e. The summed E-state index contributed by atoms with van der Waals surface area (Å²) in [6.45, 7) is 4.52. The zero-order valence-corrected chi connectivity index (χ0v) is 18.0. The standard InChI is InChI=1S/C27H37N/c1-3-5-7-9-11-13-24-15-17-25(18-16-24)19-21-27-22-20-26(23-28-27)14-12-10-8-6-4-2/h15-18,20,22-23H,3-14H2,1-2H3. The van der Waals surface area contributed by atoms with Gasteiger partial charge >= 0.3 is 0 Å². The predicted molar refractivity (Wildman–Crippen MR) is 122 cm³/mol. The fourth-order valence-electron chi connectivity index (χ4n) is 3.40. The highest BCUT2D eigenvalue weighted by atomic mass is 14.7. The molecular formula is C27H37N. The van der Waals surface area contributed by atoms with Gasteiger partial charge in [-0.15, -0.1) is 0 Å². The van der Waals surface area contributed by atoms with Gasteiger partial charge in [0.15, 0.2) is 0 Å². The van der Waals surface area contributed by atoms with Crippen LogP contribution in [0.3, 0.4) is 0 Å². The molecule has 1 heterocycles. The Morgan fingerprint density at radius 2 is 1.18 bits per heavy atom. The summed E-state index contributed by atoms with van der Waals surface area (Å²) in [6.07, 6.45) is 17.6. The first-order chi connectivity index (χ1) is 13.8. The Kier molecular flexibility index (Phi) is 11.1. The van der Waals surface area contributed by atoms with E-state index in [2.05, 4.69) is 67.1 Å². The summed E-state index contributed by atoms with van der Waals surface area (Å²) in [5.74, 6) is 6.44. The zero-order chi connectivity index (χ0) is 19.9. The molecule has 1 nitrogen and oxygen atoms in total. The van der Waals surface area contributed by atoms with Gasteiger partial charge in [-0.1, -0.05) is 89.3 Å². The quantitative estimate of drug-likeness (QED) is 0.276.